The first-order valence-electron chi connectivity index (χ1n) is 6.28. The lowest BCUT2D eigenvalue weighted by atomic mass is 10.0. The van der Waals surface area contributed by atoms with Gasteiger partial charge in [-0.05, 0) is 11.5 Å². The average Bonchev–Trinajstić information content (AvgIpc) is 2.42. The Labute approximate surface area is 117 Å². The minimum atomic E-state index is -1.18. The molecule has 1 aromatic rings. The van der Waals surface area contributed by atoms with E-state index in [1.54, 1.807) is 38.1 Å². The van der Waals surface area contributed by atoms with Crippen LogP contribution in [0.2, 0.25) is 0 Å². The van der Waals surface area contributed by atoms with Crippen molar-refractivity contribution in [1.82, 2.24) is 4.90 Å². The summed E-state index contributed by atoms with van der Waals surface area (Å²) in [5, 5.41) is 18.3. The fourth-order valence-corrected chi connectivity index (χ4v) is 1.84. The van der Waals surface area contributed by atoms with Crippen LogP contribution >= 0.6 is 0 Å². The van der Waals surface area contributed by atoms with Gasteiger partial charge < -0.3 is 14.9 Å². The monoisotopic (exact) mass is 281 g/mol. The molecule has 0 bridgehead atoms. The van der Waals surface area contributed by atoms with Crippen molar-refractivity contribution in [2.45, 2.75) is 26.5 Å². The van der Waals surface area contributed by atoms with E-state index in [1.807, 2.05) is 6.07 Å². The van der Waals surface area contributed by atoms with Gasteiger partial charge in [-0.15, -0.1) is 0 Å². The van der Waals surface area contributed by atoms with Gasteiger partial charge in [0.25, 0.3) is 0 Å². The van der Waals surface area contributed by atoms with Crippen molar-refractivity contribution < 1.29 is 24.5 Å². The second-order valence-electron chi connectivity index (χ2n) is 4.68. The Hall–Kier alpha value is -2.08. The van der Waals surface area contributed by atoms with Gasteiger partial charge in [0, 0.05) is 0 Å². The molecule has 0 radical (unpaired) electrons. The zero-order valence-corrected chi connectivity index (χ0v) is 11.5. The molecule has 6 heteroatoms. The fraction of sp³-hybridized carbons (Fsp3) is 0.429. The zero-order valence-electron chi connectivity index (χ0n) is 11.5. The first kappa shape index (κ1) is 16.0. The number of rotatable bonds is 6. The normalized spacial score (nSPS) is 12.0. The molecule has 2 N–H and O–H groups in total. The van der Waals surface area contributed by atoms with Crippen LogP contribution in [0.4, 0.5) is 4.79 Å². The van der Waals surface area contributed by atoms with Crippen LogP contribution in [-0.4, -0.2) is 39.9 Å². The molecule has 0 saturated carbocycles. The van der Waals surface area contributed by atoms with Gasteiger partial charge >= 0.3 is 12.1 Å². The molecule has 0 fully saturated rings. The van der Waals surface area contributed by atoms with E-state index in [0.29, 0.717) is 0 Å². The number of hydrogen-bond acceptors (Lipinski definition) is 4. The fourth-order valence-electron chi connectivity index (χ4n) is 1.84. The lowest BCUT2D eigenvalue weighted by molar-refractivity contribution is -0.146. The Balaban J connectivity index is 2.69. The van der Waals surface area contributed by atoms with Crippen LogP contribution in [0, 0.1) is 5.92 Å². The molecule has 0 saturated heterocycles. The summed E-state index contributed by atoms with van der Waals surface area (Å²) in [6, 6.07) is 7.90. The molecule has 0 aliphatic heterocycles. The Kier molecular flexibility index (Phi) is 5.99. The Morgan fingerprint density at radius 3 is 2.30 bits per heavy atom. The second kappa shape index (κ2) is 7.49. The molecule has 20 heavy (non-hydrogen) atoms. The highest BCUT2D eigenvalue weighted by atomic mass is 16.6. The summed E-state index contributed by atoms with van der Waals surface area (Å²) in [5.41, 5.74) is 0.787. The summed E-state index contributed by atoms with van der Waals surface area (Å²) in [6.07, 6.45) is -0.850. The molecule has 0 spiro atoms. The van der Waals surface area contributed by atoms with Crippen molar-refractivity contribution in [1.29, 1.82) is 0 Å². The molecule has 1 rings (SSSR count). The predicted molar refractivity (Wildman–Crippen MR) is 71.8 cm³/mol. The number of ether oxygens (including phenoxy) is 1. The van der Waals surface area contributed by atoms with E-state index >= 15 is 0 Å². The van der Waals surface area contributed by atoms with Crippen molar-refractivity contribution in [2.75, 3.05) is 6.73 Å². The molecule has 1 amide bonds. The van der Waals surface area contributed by atoms with Gasteiger partial charge in [0.1, 0.15) is 19.4 Å². The van der Waals surface area contributed by atoms with Crippen LogP contribution in [0.5, 0.6) is 0 Å². The first-order chi connectivity index (χ1) is 9.47. The summed E-state index contributed by atoms with van der Waals surface area (Å²) >= 11 is 0. The number of carbonyl (C=O) groups is 2. The number of benzene rings is 1. The molecule has 0 aromatic heterocycles. The number of carbonyl (C=O) groups excluding carboxylic acids is 1. The number of aliphatic hydroxyl groups excluding tert-OH is 1. The maximum Gasteiger partial charge on any atom is 0.412 e. The van der Waals surface area contributed by atoms with E-state index in [9.17, 15) is 14.7 Å². The summed E-state index contributed by atoms with van der Waals surface area (Å²) < 4.78 is 5.03. The van der Waals surface area contributed by atoms with Gasteiger partial charge in [0.2, 0.25) is 0 Å². The maximum atomic E-state index is 11.9. The number of amides is 1. The third kappa shape index (κ3) is 4.24. The van der Waals surface area contributed by atoms with E-state index in [2.05, 4.69) is 0 Å². The molecule has 6 nitrogen and oxygen atoms in total. The highest BCUT2D eigenvalue weighted by molar-refractivity contribution is 5.80. The van der Waals surface area contributed by atoms with E-state index < -0.39 is 24.8 Å². The smallest absolute Gasteiger partial charge is 0.412 e. The minimum Gasteiger partial charge on any atom is -0.480 e. The van der Waals surface area contributed by atoms with Gasteiger partial charge in [-0.1, -0.05) is 44.2 Å². The minimum absolute atomic E-state index is 0.0284. The maximum absolute atomic E-state index is 11.9. The van der Waals surface area contributed by atoms with Crippen LogP contribution in [0.3, 0.4) is 0 Å². The molecule has 0 aliphatic rings. The lowest BCUT2D eigenvalue weighted by Crippen LogP contribution is -2.48. The summed E-state index contributed by atoms with van der Waals surface area (Å²) in [7, 11) is 0. The van der Waals surface area contributed by atoms with Gasteiger partial charge in [0.05, 0.1) is 0 Å². The number of carboxylic acids is 1. The quantitative estimate of drug-likeness (QED) is 0.775. The molecular weight excluding hydrogens is 262 g/mol. The van der Waals surface area contributed by atoms with Crippen LogP contribution in [0.15, 0.2) is 30.3 Å². The van der Waals surface area contributed by atoms with Gasteiger partial charge in [-0.3, -0.25) is 4.90 Å². The van der Waals surface area contributed by atoms with Crippen molar-refractivity contribution in [3.8, 4) is 0 Å². The molecule has 1 aromatic carbocycles. The number of hydrogen-bond donors (Lipinski definition) is 2. The summed E-state index contributed by atoms with van der Waals surface area (Å²) in [4.78, 5) is 23.8. The van der Waals surface area contributed by atoms with Crippen molar-refractivity contribution in [2.24, 2.45) is 5.92 Å². The predicted octanol–water partition coefficient (Wildman–Crippen LogP) is 1.68. The molecule has 1 atom stereocenters. The molecule has 0 heterocycles. The number of aliphatic hydroxyl groups is 1. The highest BCUT2D eigenvalue weighted by Gasteiger charge is 2.32. The van der Waals surface area contributed by atoms with Crippen molar-refractivity contribution in [3.63, 3.8) is 0 Å². The van der Waals surface area contributed by atoms with E-state index in [4.69, 9.17) is 9.84 Å². The average molecular weight is 281 g/mol. The second-order valence-corrected chi connectivity index (χ2v) is 4.68. The largest absolute Gasteiger partial charge is 0.480 e. The topological polar surface area (TPSA) is 87.1 Å². The number of aliphatic carboxylic acids is 1. The van der Waals surface area contributed by atoms with Crippen LogP contribution in [-0.2, 0) is 16.1 Å². The van der Waals surface area contributed by atoms with Gasteiger partial charge in [-0.25, -0.2) is 9.59 Å². The number of carboxylic acid groups (broad SMARTS) is 1. The molecular formula is C14H19NO5. The van der Waals surface area contributed by atoms with Crippen molar-refractivity contribution >= 4 is 12.1 Å². The first-order valence-corrected chi connectivity index (χ1v) is 6.28. The summed E-state index contributed by atoms with van der Waals surface area (Å²) in [6.45, 7) is 2.64. The third-order valence-corrected chi connectivity index (χ3v) is 2.81. The van der Waals surface area contributed by atoms with Gasteiger partial charge in [-0.2, -0.15) is 0 Å². The van der Waals surface area contributed by atoms with Crippen LogP contribution in [0.25, 0.3) is 0 Å². The standard InChI is InChI=1S/C14H19NO5/c1-10(2)12(13(17)18)15(9-16)14(19)20-8-11-6-4-3-5-7-11/h3-7,10,12,16H,8-9H2,1-2H3,(H,17,18). The van der Waals surface area contributed by atoms with Crippen LogP contribution < -0.4 is 0 Å². The molecule has 1 unspecified atom stereocenters. The molecule has 0 aliphatic carbocycles. The molecule has 110 valence electrons. The highest BCUT2D eigenvalue weighted by Crippen LogP contribution is 2.13. The number of nitrogens with zero attached hydrogens (tertiary/aromatic N) is 1. The Morgan fingerprint density at radius 2 is 1.85 bits per heavy atom. The Bertz CT molecular complexity index is 446. The summed E-state index contributed by atoms with van der Waals surface area (Å²) in [5.74, 6) is -1.52. The van der Waals surface area contributed by atoms with Gasteiger partial charge in [0.15, 0.2) is 0 Å². The SMILES string of the molecule is CC(C)C(C(=O)O)N(CO)C(=O)OCc1ccccc1. The van der Waals surface area contributed by atoms with Crippen LogP contribution in [0.1, 0.15) is 19.4 Å². The van der Waals surface area contributed by atoms with E-state index in [1.165, 1.54) is 0 Å². The zero-order chi connectivity index (χ0) is 15.1. The lowest BCUT2D eigenvalue weighted by Gasteiger charge is -2.28. The van der Waals surface area contributed by atoms with Crippen molar-refractivity contribution in [3.05, 3.63) is 35.9 Å². The van der Waals surface area contributed by atoms with E-state index in [-0.39, 0.29) is 12.5 Å². The van der Waals surface area contributed by atoms with E-state index in [0.717, 1.165) is 10.5 Å². The third-order valence-electron chi connectivity index (χ3n) is 2.81. The Morgan fingerprint density at radius 1 is 1.25 bits per heavy atom.